The maximum Gasteiger partial charge on any atom is 0.137 e. The van der Waals surface area contributed by atoms with E-state index in [2.05, 4.69) is 37.1 Å². The Morgan fingerprint density at radius 1 is 1.35 bits per heavy atom. The fourth-order valence-corrected chi connectivity index (χ4v) is 1.89. The molecule has 0 saturated carbocycles. The molecule has 0 fully saturated rings. The molecule has 0 aliphatic heterocycles. The van der Waals surface area contributed by atoms with Crippen molar-refractivity contribution in [1.29, 1.82) is 0 Å². The van der Waals surface area contributed by atoms with Crippen LogP contribution in [0.25, 0.3) is 0 Å². The van der Waals surface area contributed by atoms with Crippen LogP contribution < -0.4 is 10.1 Å². The Labute approximate surface area is 105 Å². The van der Waals surface area contributed by atoms with Crippen molar-refractivity contribution in [3.8, 4) is 5.75 Å². The summed E-state index contributed by atoms with van der Waals surface area (Å²) in [6.07, 6.45) is 6.02. The van der Waals surface area contributed by atoms with Gasteiger partial charge in [0.25, 0.3) is 0 Å². The molecule has 1 N–H and O–H groups in total. The zero-order valence-electron chi connectivity index (χ0n) is 11.4. The van der Waals surface area contributed by atoms with Crippen LogP contribution >= 0.6 is 0 Å². The maximum atomic E-state index is 5.22. The minimum absolute atomic E-state index is 0.373. The summed E-state index contributed by atoms with van der Waals surface area (Å²) >= 11 is 0. The Morgan fingerprint density at radius 3 is 2.71 bits per heavy atom. The number of nitrogens with one attached hydrogen (secondary N) is 1. The topological polar surface area (TPSA) is 34.2 Å². The number of aromatic nitrogens is 1. The molecule has 1 aromatic rings. The smallest absolute Gasteiger partial charge is 0.137 e. The van der Waals surface area contributed by atoms with Gasteiger partial charge in [0.15, 0.2) is 0 Å². The highest BCUT2D eigenvalue weighted by molar-refractivity contribution is 5.25. The summed E-state index contributed by atoms with van der Waals surface area (Å²) < 4.78 is 5.22. The largest absolute Gasteiger partial charge is 0.495 e. The standard InChI is InChI=1S/C14H24N2O/c1-5-11(3)7-14(16-6-2)12-8-13(17-4)10-15-9-12/h8-11,14,16H,5-7H2,1-4H3. The van der Waals surface area contributed by atoms with Crippen LogP contribution in [-0.2, 0) is 0 Å². The minimum atomic E-state index is 0.373. The normalized spacial score (nSPS) is 14.4. The molecular formula is C14H24N2O. The molecule has 0 spiro atoms. The molecule has 17 heavy (non-hydrogen) atoms. The summed E-state index contributed by atoms with van der Waals surface area (Å²) in [5, 5.41) is 3.52. The van der Waals surface area contributed by atoms with Gasteiger partial charge in [-0.3, -0.25) is 4.98 Å². The number of ether oxygens (including phenoxy) is 1. The SMILES string of the molecule is CCNC(CC(C)CC)c1cncc(OC)c1. The van der Waals surface area contributed by atoms with E-state index in [0.29, 0.717) is 12.0 Å². The van der Waals surface area contributed by atoms with Gasteiger partial charge in [-0.25, -0.2) is 0 Å². The highest BCUT2D eigenvalue weighted by atomic mass is 16.5. The van der Waals surface area contributed by atoms with Gasteiger partial charge in [-0.1, -0.05) is 27.2 Å². The van der Waals surface area contributed by atoms with Gasteiger partial charge >= 0.3 is 0 Å². The number of nitrogens with zero attached hydrogens (tertiary/aromatic N) is 1. The van der Waals surface area contributed by atoms with Crippen LogP contribution in [0.1, 0.15) is 45.2 Å². The lowest BCUT2D eigenvalue weighted by Gasteiger charge is -2.21. The van der Waals surface area contributed by atoms with E-state index >= 15 is 0 Å². The van der Waals surface area contributed by atoms with Crippen LogP contribution in [-0.4, -0.2) is 18.6 Å². The Morgan fingerprint density at radius 2 is 2.12 bits per heavy atom. The van der Waals surface area contributed by atoms with E-state index in [1.807, 2.05) is 6.20 Å². The van der Waals surface area contributed by atoms with Crippen LogP contribution in [0.3, 0.4) is 0 Å². The Hall–Kier alpha value is -1.09. The zero-order valence-corrected chi connectivity index (χ0v) is 11.4. The van der Waals surface area contributed by atoms with Gasteiger partial charge in [0.05, 0.1) is 13.3 Å². The predicted molar refractivity (Wildman–Crippen MR) is 71.3 cm³/mol. The van der Waals surface area contributed by atoms with E-state index in [4.69, 9.17) is 4.74 Å². The van der Waals surface area contributed by atoms with Gasteiger partial charge in [0, 0.05) is 12.2 Å². The Balaban J connectivity index is 2.80. The molecule has 3 heteroatoms. The number of hydrogen-bond donors (Lipinski definition) is 1. The molecule has 2 unspecified atom stereocenters. The van der Waals surface area contributed by atoms with Crippen LogP contribution in [0.2, 0.25) is 0 Å². The van der Waals surface area contributed by atoms with Crippen molar-refractivity contribution in [1.82, 2.24) is 10.3 Å². The molecule has 1 rings (SSSR count). The summed E-state index contributed by atoms with van der Waals surface area (Å²) in [6.45, 7) is 7.63. The van der Waals surface area contributed by atoms with Gasteiger partial charge in [0.2, 0.25) is 0 Å². The summed E-state index contributed by atoms with van der Waals surface area (Å²) in [6, 6.07) is 2.44. The van der Waals surface area contributed by atoms with Gasteiger partial charge in [0.1, 0.15) is 5.75 Å². The fraction of sp³-hybridized carbons (Fsp3) is 0.643. The van der Waals surface area contributed by atoms with Gasteiger partial charge in [-0.15, -0.1) is 0 Å². The van der Waals surface area contributed by atoms with Gasteiger partial charge < -0.3 is 10.1 Å². The first-order valence-corrected chi connectivity index (χ1v) is 6.43. The first-order valence-electron chi connectivity index (χ1n) is 6.43. The van der Waals surface area contributed by atoms with Crippen molar-refractivity contribution in [2.24, 2.45) is 5.92 Å². The Bertz CT molecular complexity index is 328. The molecule has 3 nitrogen and oxygen atoms in total. The molecule has 96 valence electrons. The van der Waals surface area contributed by atoms with Crippen LogP contribution in [0.5, 0.6) is 5.75 Å². The van der Waals surface area contributed by atoms with Crippen molar-refractivity contribution in [2.75, 3.05) is 13.7 Å². The predicted octanol–water partition coefficient (Wildman–Crippen LogP) is 3.18. The molecule has 0 saturated heterocycles. The lowest BCUT2D eigenvalue weighted by molar-refractivity contribution is 0.396. The number of methoxy groups -OCH3 is 1. The van der Waals surface area contributed by atoms with Crippen molar-refractivity contribution >= 4 is 0 Å². The highest BCUT2D eigenvalue weighted by Crippen LogP contribution is 2.24. The van der Waals surface area contributed by atoms with Crippen molar-refractivity contribution in [3.05, 3.63) is 24.0 Å². The molecule has 1 aromatic heterocycles. The van der Waals surface area contributed by atoms with Gasteiger partial charge in [-0.2, -0.15) is 0 Å². The molecule has 0 radical (unpaired) electrons. The summed E-state index contributed by atoms with van der Waals surface area (Å²) in [5.41, 5.74) is 1.21. The molecule has 0 aliphatic carbocycles. The molecule has 0 aromatic carbocycles. The van der Waals surface area contributed by atoms with Crippen LogP contribution in [0.4, 0.5) is 0 Å². The summed E-state index contributed by atoms with van der Waals surface area (Å²) in [5.74, 6) is 1.54. The second-order valence-electron chi connectivity index (χ2n) is 4.52. The fourth-order valence-electron chi connectivity index (χ4n) is 1.89. The zero-order chi connectivity index (χ0) is 12.7. The molecule has 2 atom stereocenters. The number of rotatable bonds is 7. The molecule has 0 amide bonds. The first-order chi connectivity index (χ1) is 8.21. The maximum absolute atomic E-state index is 5.22. The second kappa shape index (κ2) is 7.28. The van der Waals surface area contributed by atoms with E-state index in [1.165, 1.54) is 12.0 Å². The third-order valence-corrected chi connectivity index (χ3v) is 3.16. The summed E-state index contributed by atoms with van der Waals surface area (Å²) in [7, 11) is 1.68. The minimum Gasteiger partial charge on any atom is -0.495 e. The van der Waals surface area contributed by atoms with Crippen LogP contribution in [0, 0.1) is 5.92 Å². The van der Waals surface area contributed by atoms with E-state index in [1.54, 1.807) is 13.3 Å². The average Bonchev–Trinajstić information content (AvgIpc) is 2.38. The van der Waals surface area contributed by atoms with Crippen molar-refractivity contribution < 1.29 is 4.74 Å². The van der Waals surface area contributed by atoms with Crippen molar-refractivity contribution in [2.45, 2.75) is 39.7 Å². The first kappa shape index (κ1) is 14.0. The van der Waals surface area contributed by atoms with E-state index in [0.717, 1.165) is 18.7 Å². The lowest BCUT2D eigenvalue weighted by atomic mass is 9.95. The average molecular weight is 236 g/mol. The highest BCUT2D eigenvalue weighted by Gasteiger charge is 2.14. The summed E-state index contributed by atoms with van der Waals surface area (Å²) in [4.78, 5) is 4.23. The monoisotopic (exact) mass is 236 g/mol. The van der Waals surface area contributed by atoms with E-state index in [-0.39, 0.29) is 0 Å². The van der Waals surface area contributed by atoms with Gasteiger partial charge in [-0.05, 0) is 30.5 Å². The number of hydrogen-bond acceptors (Lipinski definition) is 3. The second-order valence-corrected chi connectivity index (χ2v) is 4.52. The molecular weight excluding hydrogens is 212 g/mol. The molecule has 0 bridgehead atoms. The van der Waals surface area contributed by atoms with Crippen molar-refractivity contribution in [3.63, 3.8) is 0 Å². The third kappa shape index (κ3) is 4.35. The van der Waals surface area contributed by atoms with E-state index in [9.17, 15) is 0 Å². The lowest BCUT2D eigenvalue weighted by Crippen LogP contribution is -2.23. The number of pyridine rings is 1. The third-order valence-electron chi connectivity index (χ3n) is 3.16. The van der Waals surface area contributed by atoms with E-state index < -0.39 is 0 Å². The molecule has 1 heterocycles. The molecule has 0 aliphatic rings. The quantitative estimate of drug-likeness (QED) is 0.789. The Kier molecular flexibility index (Phi) is 5.98. The van der Waals surface area contributed by atoms with Crippen LogP contribution in [0.15, 0.2) is 18.5 Å².